The predicted octanol–water partition coefficient (Wildman–Crippen LogP) is 2.98. The summed E-state index contributed by atoms with van der Waals surface area (Å²) in [6.45, 7) is 3.74. The van der Waals surface area contributed by atoms with Crippen LogP contribution in [-0.4, -0.2) is 15.3 Å². The second kappa shape index (κ2) is 6.02. The fourth-order valence-corrected chi connectivity index (χ4v) is 2.21. The molecule has 18 heavy (non-hydrogen) atoms. The molecule has 96 valence electrons. The van der Waals surface area contributed by atoms with Gasteiger partial charge in [-0.1, -0.05) is 19.1 Å². The number of aryl methyl sites for hydroxylation is 1. The molecular formula is C13H16N2O2S. The molecule has 1 aromatic carbocycles. The standard InChI is InChI=1S/C13H16N2O2S/c1-3-12-14-15-13(17-12)8-18-11-6-4-10(5-7-11)9(2)16/h4-7,9,16H,3,8H2,1-2H3. The van der Waals surface area contributed by atoms with Crippen LogP contribution in [0.3, 0.4) is 0 Å². The van der Waals surface area contributed by atoms with Gasteiger partial charge in [-0.2, -0.15) is 0 Å². The van der Waals surface area contributed by atoms with E-state index in [1.165, 1.54) is 0 Å². The van der Waals surface area contributed by atoms with Gasteiger partial charge in [-0.05, 0) is 24.6 Å². The van der Waals surface area contributed by atoms with Crippen molar-refractivity contribution in [3.63, 3.8) is 0 Å². The second-order valence-electron chi connectivity index (χ2n) is 3.98. The van der Waals surface area contributed by atoms with Crippen molar-refractivity contribution in [2.24, 2.45) is 0 Å². The van der Waals surface area contributed by atoms with E-state index < -0.39 is 6.10 Å². The van der Waals surface area contributed by atoms with E-state index >= 15 is 0 Å². The van der Waals surface area contributed by atoms with E-state index in [0.29, 0.717) is 17.5 Å². The molecule has 5 heteroatoms. The van der Waals surface area contributed by atoms with Gasteiger partial charge in [0.05, 0.1) is 11.9 Å². The Bertz CT molecular complexity index is 494. The first-order valence-corrected chi connectivity index (χ1v) is 6.89. The normalized spacial score (nSPS) is 12.6. The van der Waals surface area contributed by atoms with E-state index in [-0.39, 0.29) is 0 Å². The molecule has 0 bridgehead atoms. The summed E-state index contributed by atoms with van der Waals surface area (Å²) in [6.07, 6.45) is 0.341. The Balaban J connectivity index is 1.93. The molecule has 0 saturated carbocycles. The lowest BCUT2D eigenvalue weighted by atomic mass is 10.1. The quantitative estimate of drug-likeness (QED) is 0.841. The molecule has 4 nitrogen and oxygen atoms in total. The summed E-state index contributed by atoms with van der Waals surface area (Å²) >= 11 is 1.64. The molecule has 1 unspecified atom stereocenters. The minimum atomic E-state index is -0.424. The number of rotatable bonds is 5. The number of aliphatic hydroxyl groups excluding tert-OH is 1. The number of hydrogen-bond acceptors (Lipinski definition) is 5. The van der Waals surface area contributed by atoms with Crippen LogP contribution < -0.4 is 0 Å². The topological polar surface area (TPSA) is 59.2 Å². The van der Waals surface area contributed by atoms with Crippen molar-refractivity contribution in [2.45, 2.75) is 37.0 Å². The average molecular weight is 264 g/mol. The lowest BCUT2D eigenvalue weighted by molar-refractivity contribution is 0.199. The summed E-state index contributed by atoms with van der Waals surface area (Å²) in [6, 6.07) is 7.84. The van der Waals surface area contributed by atoms with E-state index in [9.17, 15) is 5.11 Å². The minimum absolute atomic E-state index is 0.424. The second-order valence-corrected chi connectivity index (χ2v) is 5.03. The third kappa shape index (κ3) is 3.34. The van der Waals surface area contributed by atoms with E-state index in [4.69, 9.17) is 4.42 Å². The molecular weight excluding hydrogens is 248 g/mol. The molecule has 0 fully saturated rings. The van der Waals surface area contributed by atoms with Crippen LogP contribution in [0, 0.1) is 0 Å². The van der Waals surface area contributed by atoms with Gasteiger partial charge in [0.2, 0.25) is 11.8 Å². The predicted molar refractivity (Wildman–Crippen MR) is 70.3 cm³/mol. The van der Waals surface area contributed by atoms with Crippen LogP contribution in [0.5, 0.6) is 0 Å². The van der Waals surface area contributed by atoms with Gasteiger partial charge in [0.15, 0.2) is 0 Å². The molecule has 0 aliphatic rings. The molecule has 1 heterocycles. The molecule has 0 radical (unpaired) electrons. The number of nitrogens with zero attached hydrogens (tertiary/aromatic N) is 2. The maximum absolute atomic E-state index is 9.41. The molecule has 1 aromatic heterocycles. The highest BCUT2D eigenvalue weighted by atomic mass is 32.2. The highest BCUT2D eigenvalue weighted by molar-refractivity contribution is 7.98. The summed E-state index contributed by atoms with van der Waals surface area (Å²) in [5.41, 5.74) is 0.922. The lowest BCUT2D eigenvalue weighted by Crippen LogP contribution is -1.89. The van der Waals surface area contributed by atoms with Gasteiger partial charge in [-0.25, -0.2) is 0 Å². The van der Waals surface area contributed by atoms with Crippen LogP contribution in [0.25, 0.3) is 0 Å². The van der Waals surface area contributed by atoms with Crippen LogP contribution in [0.15, 0.2) is 33.6 Å². The average Bonchev–Trinajstić information content (AvgIpc) is 2.85. The zero-order valence-corrected chi connectivity index (χ0v) is 11.3. The Hall–Kier alpha value is -1.33. The van der Waals surface area contributed by atoms with Gasteiger partial charge in [0, 0.05) is 11.3 Å². The SMILES string of the molecule is CCc1nnc(CSc2ccc(C(C)O)cc2)o1. The number of hydrogen-bond donors (Lipinski definition) is 1. The Kier molecular flexibility index (Phi) is 4.38. The summed E-state index contributed by atoms with van der Waals surface area (Å²) in [5, 5.41) is 17.3. The highest BCUT2D eigenvalue weighted by Crippen LogP contribution is 2.24. The van der Waals surface area contributed by atoms with Gasteiger partial charge < -0.3 is 9.52 Å². The van der Waals surface area contributed by atoms with E-state index in [1.54, 1.807) is 18.7 Å². The summed E-state index contributed by atoms with van der Waals surface area (Å²) in [7, 11) is 0. The molecule has 0 spiro atoms. The third-order valence-corrected chi connectivity index (χ3v) is 3.53. The van der Waals surface area contributed by atoms with Gasteiger partial charge in [-0.3, -0.25) is 0 Å². The highest BCUT2D eigenvalue weighted by Gasteiger charge is 2.05. The first-order chi connectivity index (χ1) is 8.69. The van der Waals surface area contributed by atoms with Crippen molar-refractivity contribution in [3.8, 4) is 0 Å². The minimum Gasteiger partial charge on any atom is -0.424 e. The van der Waals surface area contributed by atoms with Crippen molar-refractivity contribution < 1.29 is 9.52 Å². The van der Waals surface area contributed by atoms with Crippen LogP contribution in [0.4, 0.5) is 0 Å². The van der Waals surface area contributed by atoms with E-state index in [2.05, 4.69) is 10.2 Å². The van der Waals surface area contributed by atoms with Crippen LogP contribution in [0.2, 0.25) is 0 Å². The van der Waals surface area contributed by atoms with Gasteiger partial charge >= 0.3 is 0 Å². The van der Waals surface area contributed by atoms with Crippen LogP contribution in [0.1, 0.15) is 37.3 Å². The molecule has 1 atom stereocenters. The van der Waals surface area contributed by atoms with Crippen molar-refractivity contribution in [1.82, 2.24) is 10.2 Å². The Labute approximate surface area is 110 Å². The fourth-order valence-electron chi connectivity index (χ4n) is 1.48. The summed E-state index contributed by atoms with van der Waals surface area (Å²) in [5.74, 6) is 1.99. The van der Waals surface area contributed by atoms with Crippen molar-refractivity contribution in [1.29, 1.82) is 0 Å². The maximum Gasteiger partial charge on any atom is 0.226 e. The third-order valence-electron chi connectivity index (χ3n) is 2.54. The lowest BCUT2D eigenvalue weighted by Gasteiger charge is -2.05. The molecule has 0 aliphatic carbocycles. The molecule has 2 rings (SSSR count). The smallest absolute Gasteiger partial charge is 0.226 e. The summed E-state index contributed by atoms with van der Waals surface area (Å²) < 4.78 is 5.43. The van der Waals surface area contributed by atoms with Crippen LogP contribution in [-0.2, 0) is 12.2 Å². The number of thioether (sulfide) groups is 1. The van der Waals surface area contributed by atoms with Gasteiger partial charge in [0.1, 0.15) is 0 Å². The van der Waals surface area contributed by atoms with Crippen LogP contribution >= 0.6 is 11.8 Å². The zero-order chi connectivity index (χ0) is 13.0. The largest absolute Gasteiger partial charge is 0.424 e. The van der Waals surface area contributed by atoms with Crippen molar-refractivity contribution in [3.05, 3.63) is 41.6 Å². The number of benzene rings is 1. The zero-order valence-electron chi connectivity index (χ0n) is 10.5. The molecule has 1 N–H and O–H groups in total. The van der Waals surface area contributed by atoms with Gasteiger partial charge in [0.25, 0.3) is 0 Å². The van der Waals surface area contributed by atoms with Crippen molar-refractivity contribution >= 4 is 11.8 Å². The molecule has 0 aliphatic heterocycles. The summed E-state index contributed by atoms with van der Waals surface area (Å²) in [4.78, 5) is 1.12. The Morgan fingerprint density at radius 1 is 1.22 bits per heavy atom. The monoisotopic (exact) mass is 264 g/mol. The van der Waals surface area contributed by atoms with Gasteiger partial charge in [-0.15, -0.1) is 22.0 Å². The molecule has 2 aromatic rings. The number of aromatic nitrogens is 2. The fraction of sp³-hybridized carbons (Fsp3) is 0.385. The number of aliphatic hydroxyl groups is 1. The van der Waals surface area contributed by atoms with E-state index in [1.807, 2.05) is 31.2 Å². The Morgan fingerprint density at radius 2 is 1.89 bits per heavy atom. The maximum atomic E-state index is 9.41. The van der Waals surface area contributed by atoms with E-state index in [0.717, 1.165) is 16.9 Å². The van der Waals surface area contributed by atoms with Crippen molar-refractivity contribution in [2.75, 3.05) is 0 Å². The first kappa shape index (κ1) is 13.1. The first-order valence-electron chi connectivity index (χ1n) is 5.91. The molecule has 0 saturated heterocycles. The Morgan fingerprint density at radius 3 is 2.44 bits per heavy atom. The molecule has 0 amide bonds.